The molecule has 186 valence electrons. The van der Waals surface area contributed by atoms with E-state index in [0.717, 1.165) is 0 Å². The number of amides is 2. The van der Waals surface area contributed by atoms with Crippen LogP contribution in [0.25, 0.3) is 5.52 Å². The van der Waals surface area contributed by atoms with Crippen LogP contribution in [-0.2, 0) is 16.8 Å². The third-order valence-electron chi connectivity index (χ3n) is 5.74. The number of aromatic nitrogens is 2. The number of hydrogen-bond donors (Lipinski definition) is 1. The van der Waals surface area contributed by atoms with Crippen LogP contribution in [0.1, 0.15) is 62.1 Å². The Bertz CT molecular complexity index is 1290. The smallest absolute Gasteiger partial charge is 0.410 e. The van der Waals surface area contributed by atoms with Crippen LogP contribution >= 0.6 is 0 Å². The van der Waals surface area contributed by atoms with Gasteiger partial charge in [0.25, 0.3) is 5.91 Å². The Morgan fingerprint density at radius 2 is 1.89 bits per heavy atom. The van der Waals surface area contributed by atoms with Gasteiger partial charge in [-0.05, 0) is 59.7 Å². The van der Waals surface area contributed by atoms with Gasteiger partial charge in [0, 0.05) is 11.8 Å². The zero-order chi connectivity index (χ0) is 25.5. The number of benzene rings is 1. The summed E-state index contributed by atoms with van der Waals surface area (Å²) in [6.07, 6.45) is 1.30. The molecule has 35 heavy (non-hydrogen) atoms. The second kappa shape index (κ2) is 8.87. The van der Waals surface area contributed by atoms with Gasteiger partial charge in [-0.15, -0.1) is 0 Å². The molecule has 0 spiro atoms. The predicted octanol–water partition coefficient (Wildman–Crippen LogP) is 4.58. The highest BCUT2D eigenvalue weighted by atomic mass is 19.1. The van der Waals surface area contributed by atoms with Crippen LogP contribution in [0.2, 0.25) is 0 Å². The molecule has 1 aliphatic rings. The summed E-state index contributed by atoms with van der Waals surface area (Å²) in [6, 6.07) is 8.26. The number of halogens is 1. The molecule has 1 N–H and O–H groups in total. The van der Waals surface area contributed by atoms with Crippen molar-refractivity contribution in [3.8, 4) is 5.75 Å². The molecule has 1 aliphatic heterocycles. The SMILES string of the molecule is Cc1nc(C(C)(C)NC(=O)c2cccc3c2OCCN(C(=O)OC(C)(C)C)C3)n2cccc(F)c12. The van der Waals surface area contributed by atoms with Crippen molar-refractivity contribution < 1.29 is 23.5 Å². The summed E-state index contributed by atoms with van der Waals surface area (Å²) in [4.78, 5) is 32.1. The van der Waals surface area contributed by atoms with Gasteiger partial charge >= 0.3 is 6.09 Å². The predicted molar refractivity (Wildman–Crippen MR) is 129 cm³/mol. The van der Waals surface area contributed by atoms with Crippen LogP contribution in [0.5, 0.6) is 5.75 Å². The third-order valence-corrected chi connectivity index (χ3v) is 5.74. The Morgan fingerprint density at radius 3 is 2.60 bits per heavy atom. The topological polar surface area (TPSA) is 85.2 Å². The molecule has 0 aliphatic carbocycles. The Kier molecular flexibility index (Phi) is 6.21. The second-order valence-corrected chi connectivity index (χ2v) is 10.2. The van der Waals surface area contributed by atoms with E-state index in [4.69, 9.17) is 9.47 Å². The number of nitrogens with zero attached hydrogens (tertiary/aromatic N) is 3. The van der Waals surface area contributed by atoms with Crippen LogP contribution in [0, 0.1) is 12.7 Å². The van der Waals surface area contributed by atoms with Crippen molar-refractivity contribution in [3.63, 3.8) is 0 Å². The molecule has 4 rings (SSSR count). The maximum atomic E-state index is 14.4. The summed E-state index contributed by atoms with van der Waals surface area (Å²) in [7, 11) is 0. The van der Waals surface area contributed by atoms with Crippen molar-refractivity contribution in [2.24, 2.45) is 0 Å². The first-order valence-electron chi connectivity index (χ1n) is 11.6. The number of imidazole rings is 1. The van der Waals surface area contributed by atoms with E-state index in [1.807, 2.05) is 40.7 Å². The van der Waals surface area contributed by atoms with Crippen LogP contribution < -0.4 is 10.1 Å². The number of ether oxygens (including phenoxy) is 2. The molecule has 2 aromatic heterocycles. The fourth-order valence-electron chi connectivity index (χ4n) is 4.20. The Balaban J connectivity index is 1.61. The molecule has 0 bridgehead atoms. The fraction of sp³-hybridized carbons (Fsp3) is 0.423. The zero-order valence-electron chi connectivity index (χ0n) is 20.9. The summed E-state index contributed by atoms with van der Waals surface area (Å²) in [5.41, 5.74) is 0.452. The first kappa shape index (κ1) is 24.5. The van der Waals surface area contributed by atoms with Crippen LogP contribution in [-0.4, -0.2) is 45.0 Å². The highest BCUT2D eigenvalue weighted by molar-refractivity contribution is 5.98. The van der Waals surface area contributed by atoms with E-state index in [1.54, 1.807) is 40.6 Å². The molecular weight excluding hydrogens is 451 g/mol. The van der Waals surface area contributed by atoms with E-state index in [0.29, 0.717) is 40.5 Å². The molecule has 0 radical (unpaired) electrons. The number of hydrogen-bond acceptors (Lipinski definition) is 5. The summed E-state index contributed by atoms with van der Waals surface area (Å²) in [6.45, 7) is 11.6. The molecule has 9 heteroatoms. The van der Waals surface area contributed by atoms with E-state index < -0.39 is 17.2 Å². The number of nitrogens with one attached hydrogen (secondary N) is 1. The van der Waals surface area contributed by atoms with Gasteiger partial charge in [0.1, 0.15) is 35.1 Å². The summed E-state index contributed by atoms with van der Waals surface area (Å²) >= 11 is 0. The minimum absolute atomic E-state index is 0.225. The zero-order valence-corrected chi connectivity index (χ0v) is 20.9. The molecule has 8 nitrogen and oxygen atoms in total. The maximum Gasteiger partial charge on any atom is 0.410 e. The summed E-state index contributed by atoms with van der Waals surface area (Å²) in [5, 5.41) is 3.02. The lowest BCUT2D eigenvalue weighted by atomic mass is 10.0. The van der Waals surface area contributed by atoms with Crippen LogP contribution in [0.4, 0.5) is 9.18 Å². The van der Waals surface area contributed by atoms with Gasteiger partial charge in [0.2, 0.25) is 0 Å². The van der Waals surface area contributed by atoms with Gasteiger partial charge in [0.05, 0.1) is 29.9 Å². The van der Waals surface area contributed by atoms with Crippen molar-refractivity contribution in [1.82, 2.24) is 19.6 Å². The van der Waals surface area contributed by atoms with Crippen molar-refractivity contribution in [2.45, 2.75) is 59.2 Å². The average Bonchev–Trinajstić information content (AvgIpc) is 2.96. The normalized spacial score (nSPS) is 14.2. The van der Waals surface area contributed by atoms with Crippen molar-refractivity contribution in [1.29, 1.82) is 0 Å². The van der Waals surface area contributed by atoms with E-state index in [1.165, 1.54) is 6.07 Å². The van der Waals surface area contributed by atoms with Gasteiger partial charge < -0.3 is 19.7 Å². The lowest BCUT2D eigenvalue weighted by Crippen LogP contribution is -2.42. The average molecular weight is 483 g/mol. The molecule has 3 aromatic rings. The quantitative estimate of drug-likeness (QED) is 0.591. The second-order valence-electron chi connectivity index (χ2n) is 10.2. The van der Waals surface area contributed by atoms with Crippen molar-refractivity contribution in [2.75, 3.05) is 13.2 Å². The number of para-hydroxylation sites is 1. The molecule has 0 saturated carbocycles. The molecule has 1 aromatic carbocycles. The minimum atomic E-state index is -0.919. The number of pyridine rings is 1. The summed E-state index contributed by atoms with van der Waals surface area (Å²) in [5.74, 6) is 0.213. The Morgan fingerprint density at radius 1 is 1.14 bits per heavy atom. The van der Waals surface area contributed by atoms with Crippen LogP contribution in [0.3, 0.4) is 0 Å². The number of rotatable bonds is 3. The van der Waals surface area contributed by atoms with Crippen molar-refractivity contribution in [3.05, 3.63) is 65.0 Å². The first-order chi connectivity index (χ1) is 16.4. The van der Waals surface area contributed by atoms with E-state index >= 15 is 0 Å². The number of aryl methyl sites for hydroxylation is 1. The first-order valence-corrected chi connectivity index (χ1v) is 11.6. The lowest BCUT2D eigenvalue weighted by molar-refractivity contribution is 0.0225. The number of fused-ring (bicyclic) bond motifs is 2. The van der Waals surface area contributed by atoms with E-state index in [9.17, 15) is 14.0 Å². The van der Waals surface area contributed by atoms with E-state index in [-0.39, 0.29) is 24.9 Å². The van der Waals surface area contributed by atoms with Gasteiger partial charge in [-0.2, -0.15) is 0 Å². The number of carbonyl (C=O) groups excluding carboxylic acids is 2. The molecule has 2 amide bonds. The minimum Gasteiger partial charge on any atom is -0.491 e. The highest BCUT2D eigenvalue weighted by Crippen LogP contribution is 2.30. The number of carbonyl (C=O) groups is 2. The molecule has 0 fully saturated rings. The molecular formula is C26H31FN4O4. The standard InChI is InChI=1S/C26H31FN4O4/c1-16-20-19(27)11-8-12-31(20)23(28-16)26(5,6)29-22(32)18-10-7-9-17-15-30(13-14-34-21(17)18)24(33)35-25(2,3)4/h7-12H,13-15H2,1-6H3,(H,29,32). The van der Waals surface area contributed by atoms with Gasteiger partial charge in [-0.3, -0.25) is 9.20 Å². The molecule has 3 heterocycles. The van der Waals surface area contributed by atoms with Gasteiger partial charge in [0.15, 0.2) is 0 Å². The molecule has 0 atom stereocenters. The molecule has 0 unspecified atom stereocenters. The Hall–Kier alpha value is -3.62. The van der Waals surface area contributed by atoms with Crippen LogP contribution in [0.15, 0.2) is 36.5 Å². The Labute approximate surface area is 204 Å². The summed E-state index contributed by atoms with van der Waals surface area (Å²) < 4.78 is 27.5. The third kappa shape index (κ3) is 4.94. The van der Waals surface area contributed by atoms with Gasteiger partial charge in [-0.25, -0.2) is 14.2 Å². The van der Waals surface area contributed by atoms with Crippen molar-refractivity contribution >= 4 is 17.5 Å². The maximum absolute atomic E-state index is 14.4. The monoisotopic (exact) mass is 482 g/mol. The largest absolute Gasteiger partial charge is 0.491 e. The highest BCUT2D eigenvalue weighted by Gasteiger charge is 2.32. The van der Waals surface area contributed by atoms with Gasteiger partial charge in [-0.1, -0.05) is 12.1 Å². The fourth-order valence-corrected chi connectivity index (χ4v) is 4.20. The molecule has 0 saturated heterocycles. The van der Waals surface area contributed by atoms with E-state index in [2.05, 4.69) is 10.3 Å². The lowest BCUT2D eigenvalue weighted by Gasteiger charge is -2.26.